The summed E-state index contributed by atoms with van der Waals surface area (Å²) in [4.78, 5) is 15.0. The van der Waals surface area contributed by atoms with Gasteiger partial charge in [-0.15, -0.1) is 24.2 Å². The van der Waals surface area contributed by atoms with E-state index in [-0.39, 0.29) is 30.8 Å². The molecule has 1 aromatic carbocycles. The molecule has 8 heteroatoms. The van der Waals surface area contributed by atoms with E-state index in [1.54, 1.807) is 45.0 Å². The van der Waals surface area contributed by atoms with E-state index in [0.29, 0.717) is 24.6 Å². The van der Waals surface area contributed by atoms with Crippen molar-refractivity contribution in [3.63, 3.8) is 0 Å². The SMILES string of the molecule is COc1cc(CN(C)C(=O)CC(CN)OC)c(SC)cc1OC.Cl. The number of nitrogens with zero attached hydrogens (tertiary/aromatic N) is 1. The summed E-state index contributed by atoms with van der Waals surface area (Å²) in [6.45, 7) is 0.804. The molecule has 0 aromatic heterocycles. The Balaban J connectivity index is 0.00000529. The highest BCUT2D eigenvalue weighted by Gasteiger charge is 2.18. The third kappa shape index (κ3) is 6.05. The van der Waals surface area contributed by atoms with Crippen LogP contribution in [0.4, 0.5) is 0 Å². The lowest BCUT2D eigenvalue weighted by Crippen LogP contribution is -2.33. The molecule has 1 amide bonds. The van der Waals surface area contributed by atoms with Crippen molar-refractivity contribution in [1.82, 2.24) is 4.90 Å². The highest BCUT2D eigenvalue weighted by molar-refractivity contribution is 7.98. The number of carbonyl (C=O) groups is 1. The van der Waals surface area contributed by atoms with Gasteiger partial charge in [-0.1, -0.05) is 0 Å². The molecule has 0 heterocycles. The van der Waals surface area contributed by atoms with Crippen LogP contribution in [-0.2, 0) is 16.1 Å². The van der Waals surface area contributed by atoms with Gasteiger partial charge in [-0.05, 0) is 24.0 Å². The molecule has 1 unspecified atom stereocenters. The fraction of sp³-hybridized carbons (Fsp3) is 0.562. The first kappa shape index (κ1) is 22.9. The number of halogens is 1. The molecule has 0 fully saturated rings. The van der Waals surface area contributed by atoms with Crippen molar-refractivity contribution < 1.29 is 19.0 Å². The fourth-order valence-electron chi connectivity index (χ4n) is 2.17. The van der Waals surface area contributed by atoms with Gasteiger partial charge in [-0.2, -0.15) is 0 Å². The summed E-state index contributed by atoms with van der Waals surface area (Å²) in [5.41, 5.74) is 6.58. The van der Waals surface area contributed by atoms with Gasteiger partial charge >= 0.3 is 0 Å². The molecule has 0 spiro atoms. The number of nitrogens with two attached hydrogens (primary N) is 1. The minimum absolute atomic E-state index is 0. The second-order valence-electron chi connectivity index (χ2n) is 5.07. The Hall–Kier alpha value is -1.15. The van der Waals surface area contributed by atoms with Gasteiger partial charge in [0.2, 0.25) is 5.91 Å². The van der Waals surface area contributed by atoms with Crippen LogP contribution in [0.1, 0.15) is 12.0 Å². The first-order chi connectivity index (χ1) is 11.0. The minimum Gasteiger partial charge on any atom is -0.493 e. The maximum absolute atomic E-state index is 12.3. The number of hydrogen-bond acceptors (Lipinski definition) is 6. The number of rotatable bonds is 9. The molecule has 1 aromatic rings. The minimum atomic E-state index is -0.254. The van der Waals surface area contributed by atoms with E-state index in [0.717, 1.165) is 10.5 Å². The first-order valence-corrected chi connectivity index (χ1v) is 8.48. The predicted octanol–water partition coefficient (Wildman–Crippen LogP) is 2.17. The molecule has 1 rings (SSSR count). The lowest BCUT2D eigenvalue weighted by atomic mass is 10.1. The monoisotopic (exact) mass is 378 g/mol. The Morgan fingerprint density at radius 2 is 1.83 bits per heavy atom. The number of ether oxygens (including phenoxy) is 3. The van der Waals surface area contributed by atoms with E-state index in [1.165, 1.54) is 0 Å². The third-order valence-corrected chi connectivity index (χ3v) is 4.44. The van der Waals surface area contributed by atoms with Crippen LogP contribution in [0.15, 0.2) is 17.0 Å². The fourth-order valence-corrected chi connectivity index (χ4v) is 2.78. The molecule has 0 saturated heterocycles. The molecule has 0 radical (unpaired) electrons. The standard InChI is InChI=1S/C16H26N2O4S.ClH/c1-18(16(19)7-12(9-17)20-2)10-11-6-13(21-3)14(22-4)8-15(11)23-5;/h6,8,12H,7,9-10,17H2,1-5H3;1H. The second-order valence-corrected chi connectivity index (χ2v) is 5.91. The summed E-state index contributed by atoms with van der Waals surface area (Å²) in [5.74, 6) is 1.32. The van der Waals surface area contributed by atoms with E-state index < -0.39 is 0 Å². The van der Waals surface area contributed by atoms with Crippen molar-refractivity contribution in [1.29, 1.82) is 0 Å². The van der Waals surface area contributed by atoms with E-state index in [4.69, 9.17) is 19.9 Å². The van der Waals surface area contributed by atoms with Crippen LogP contribution in [-0.4, -0.2) is 58.1 Å². The van der Waals surface area contributed by atoms with Crippen molar-refractivity contribution >= 4 is 30.1 Å². The van der Waals surface area contributed by atoms with E-state index >= 15 is 0 Å². The maximum Gasteiger partial charge on any atom is 0.225 e. The summed E-state index contributed by atoms with van der Waals surface area (Å²) in [7, 11) is 6.53. The first-order valence-electron chi connectivity index (χ1n) is 7.26. The van der Waals surface area contributed by atoms with Crippen molar-refractivity contribution in [2.45, 2.75) is 24.0 Å². The molecule has 0 aliphatic carbocycles. The average molecular weight is 379 g/mol. The van der Waals surface area contributed by atoms with Crippen LogP contribution >= 0.6 is 24.2 Å². The van der Waals surface area contributed by atoms with Crippen molar-refractivity contribution in [2.75, 3.05) is 41.2 Å². The molecule has 0 aliphatic heterocycles. The van der Waals surface area contributed by atoms with Crippen LogP contribution < -0.4 is 15.2 Å². The maximum atomic E-state index is 12.3. The molecule has 0 bridgehead atoms. The highest BCUT2D eigenvalue weighted by Crippen LogP contribution is 2.35. The Bertz CT molecular complexity index is 527. The van der Waals surface area contributed by atoms with Gasteiger partial charge in [0.25, 0.3) is 0 Å². The van der Waals surface area contributed by atoms with Gasteiger partial charge in [0, 0.05) is 32.1 Å². The predicted molar refractivity (Wildman–Crippen MR) is 99.5 cm³/mol. The molecule has 24 heavy (non-hydrogen) atoms. The summed E-state index contributed by atoms with van der Waals surface area (Å²) in [6.07, 6.45) is 2.00. The Kier molecular flexibility index (Phi) is 10.9. The largest absolute Gasteiger partial charge is 0.493 e. The van der Waals surface area contributed by atoms with Crippen LogP contribution in [0.2, 0.25) is 0 Å². The van der Waals surface area contributed by atoms with Gasteiger partial charge in [-0.25, -0.2) is 0 Å². The van der Waals surface area contributed by atoms with Gasteiger partial charge in [-0.3, -0.25) is 4.79 Å². The van der Waals surface area contributed by atoms with Crippen molar-refractivity contribution in [3.8, 4) is 11.5 Å². The second kappa shape index (κ2) is 11.4. The van der Waals surface area contributed by atoms with E-state index in [2.05, 4.69) is 0 Å². The number of carbonyl (C=O) groups excluding carboxylic acids is 1. The average Bonchev–Trinajstić information content (AvgIpc) is 2.58. The summed E-state index contributed by atoms with van der Waals surface area (Å²) in [5, 5.41) is 0. The Labute approximate surface area is 154 Å². The molecule has 138 valence electrons. The van der Waals surface area contributed by atoms with E-state index in [1.807, 2.05) is 18.4 Å². The zero-order valence-corrected chi connectivity index (χ0v) is 16.5. The molecular weight excluding hydrogens is 352 g/mol. The van der Waals surface area contributed by atoms with E-state index in [9.17, 15) is 4.79 Å². The Morgan fingerprint density at radius 1 is 1.25 bits per heavy atom. The van der Waals surface area contributed by atoms with Crippen molar-refractivity contribution in [3.05, 3.63) is 17.7 Å². The number of hydrogen-bond donors (Lipinski definition) is 1. The highest BCUT2D eigenvalue weighted by atomic mass is 35.5. The Morgan fingerprint density at radius 3 is 2.29 bits per heavy atom. The zero-order chi connectivity index (χ0) is 17.4. The van der Waals surface area contributed by atoms with Gasteiger partial charge in [0.05, 0.1) is 26.7 Å². The van der Waals surface area contributed by atoms with Gasteiger partial charge in [0.15, 0.2) is 11.5 Å². The summed E-state index contributed by atoms with van der Waals surface area (Å²) < 4.78 is 15.8. The van der Waals surface area contributed by atoms with Gasteiger partial charge in [0.1, 0.15) is 0 Å². The third-order valence-electron chi connectivity index (χ3n) is 3.62. The summed E-state index contributed by atoms with van der Waals surface area (Å²) in [6, 6.07) is 3.83. The van der Waals surface area contributed by atoms with Crippen LogP contribution in [0, 0.1) is 0 Å². The lowest BCUT2D eigenvalue weighted by molar-refractivity contribution is -0.132. The smallest absolute Gasteiger partial charge is 0.225 e. The number of benzene rings is 1. The molecule has 1 atom stereocenters. The molecule has 0 saturated carbocycles. The van der Waals surface area contributed by atoms with Crippen LogP contribution in [0.25, 0.3) is 0 Å². The molecular formula is C16H27ClN2O4S. The normalized spacial score (nSPS) is 11.4. The lowest BCUT2D eigenvalue weighted by Gasteiger charge is -2.22. The van der Waals surface area contributed by atoms with Crippen LogP contribution in [0.5, 0.6) is 11.5 Å². The van der Waals surface area contributed by atoms with Crippen LogP contribution in [0.3, 0.4) is 0 Å². The molecule has 6 nitrogen and oxygen atoms in total. The topological polar surface area (TPSA) is 74.0 Å². The summed E-state index contributed by atoms with van der Waals surface area (Å²) >= 11 is 1.60. The number of thioether (sulfide) groups is 1. The zero-order valence-electron chi connectivity index (χ0n) is 14.8. The molecule has 0 aliphatic rings. The molecule has 2 N–H and O–H groups in total. The quantitative estimate of drug-likeness (QED) is 0.664. The van der Waals surface area contributed by atoms with Gasteiger partial charge < -0.3 is 24.8 Å². The number of methoxy groups -OCH3 is 3. The van der Waals surface area contributed by atoms with Crippen molar-refractivity contribution in [2.24, 2.45) is 5.73 Å². The number of amides is 1.